The molecular weight excluding hydrogens is 526 g/mol. The third kappa shape index (κ3) is 5.14. The number of anilines is 1. The Kier molecular flexibility index (Phi) is 8.02. The number of hydrogen-bond donors (Lipinski definition) is 2. The molecule has 13 heteroatoms. The molecule has 0 aliphatic carbocycles. The van der Waals surface area contributed by atoms with E-state index in [1.807, 2.05) is 0 Å². The van der Waals surface area contributed by atoms with Crippen molar-refractivity contribution in [1.82, 2.24) is 10.4 Å². The molecule has 0 saturated carbocycles. The number of nitrogens with one attached hydrogen (secondary N) is 1. The summed E-state index contributed by atoms with van der Waals surface area (Å²) < 4.78 is 35.6. The van der Waals surface area contributed by atoms with Gasteiger partial charge in [-0.15, -0.1) is 0 Å². The lowest BCUT2D eigenvalue weighted by molar-refractivity contribution is -0.134. The van der Waals surface area contributed by atoms with Crippen LogP contribution >= 0.6 is 11.6 Å². The van der Waals surface area contributed by atoms with Crippen molar-refractivity contribution in [1.29, 1.82) is 0 Å². The maximum absolute atomic E-state index is 13.3. The Balaban J connectivity index is 1.34. The Bertz CT molecular complexity index is 1280. The maximum Gasteiger partial charge on any atom is 0.331 e. The molecule has 0 atom stereocenters. The smallest absolute Gasteiger partial charge is 0.331 e. The van der Waals surface area contributed by atoms with E-state index in [0.717, 1.165) is 4.90 Å². The molecule has 0 spiro atoms. The number of urea groups is 1. The summed E-state index contributed by atoms with van der Waals surface area (Å²) in [5.74, 6) is -0.952. The molecule has 11 nitrogen and oxygen atoms in total. The zero-order valence-electron chi connectivity index (χ0n) is 19.8. The summed E-state index contributed by atoms with van der Waals surface area (Å²) in [6, 6.07) is 11.9. The third-order valence-electron chi connectivity index (χ3n) is 6.46. The molecule has 37 heavy (non-hydrogen) atoms. The topological polar surface area (TPSA) is 143 Å². The first-order valence-electron chi connectivity index (χ1n) is 11.6. The number of sulfone groups is 1. The summed E-state index contributed by atoms with van der Waals surface area (Å²) in [4.78, 5) is 39.8. The number of nitrogens with zero attached hydrogens (tertiary/aromatic N) is 2. The zero-order chi connectivity index (χ0) is 26.6. The minimum atomic E-state index is -4.13. The van der Waals surface area contributed by atoms with Crippen molar-refractivity contribution in [3.63, 3.8) is 0 Å². The third-order valence-corrected chi connectivity index (χ3v) is 9.29. The lowest BCUT2D eigenvalue weighted by atomic mass is 9.98. The van der Waals surface area contributed by atoms with Crippen LogP contribution in [0.5, 0.6) is 5.75 Å². The fraction of sp³-hybridized carbons (Fsp3) is 0.375. The number of imide groups is 1. The molecule has 2 fully saturated rings. The van der Waals surface area contributed by atoms with Crippen molar-refractivity contribution in [2.24, 2.45) is 0 Å². The van der Waals surface area contributed by atoms with Crippen molar-refractivity contribution < 1.29 is 37.5 Å². The van der Waals surface area contributed by atoms with E-state index in [-0.39, 0.29) is 56.6 Å². The Morgan fingerprint density at radius 1 is 1.11 bits per heavy atom. The summed E-state index contributed by atoms with van der Waals surface area (Å²) in [5, 5.41) is 9.52. The van der Waals surface area contributed by atoms with E-state index < -0.39 is 26.5 Å². The highest BCUT2D eigenvalue weighted by Crippen LogP contribution is 2.36. The first-order chi connectivity index (χ1) is 17.7. The SMILES string of the molecule is O=C1CN(c2ccccc2Cl)C(=O)N1CCCOc1ccc(S(=O)(=O)C2(C(=O)NO)CCOCC2)cc1. The van der Waals surface area contributed by atoms with E-state index in [2.05, 4.69) is 0 Å². The van der Waals surface area contributed by atoms with E-state index in [1.54, 1.807) is 24.3 Å². The fourth-order valence-electron chi connectivity index (χ4n) is 4.39. The molecule has 198 valence electrons. The van der Waals surface area contributed by atoms with Gasteiger partial charge >= 0.3 is 6.03 Å². The van der Waals surface area contributed by atoms with Gasteiger partial charge in [0.05, 0.1) is 22.2 Å². The Morgan fingerprint density at radius 2 is 1.78 bits per heavy atom. The first kappa shape index (κ1) is 26.9. The lowest BCUT2D eigenvalue weighted by Gasteiger charge is -2.34. The predicted octanol–water partition coefficient (Wildman–Crippen LogP) is 2.41. The van der Waals surface area contributed by atoms with Crippen molar-refractivity contribution in [3.8, 4) is 5.75 Å². The molecule has 2 aliphatic heterocycles. The van der Waals surface area contributed by atoms with E-state index in [9.17, 15) is 22.8 Å². The van der Waals surface area contributed by atoms with Gasteiger partial charge in [0.1, 0.15) is 12.3 Å². The van der Waals surface area contributed by atoms with Crippen LogP contribution in [0.4, 0.5) is 10.5 Å². The fourth-order valence-corrected chi connectivity index (χ4v) is 6.57. The number of carbonyl (C=O) groups excluding carboxylic acids is 3. The van der Waals surface area contributed by atoms with Crippen molar-refractivity contribution >= 4 is 45.0 Å². The van der Waals surface area contributed by atoms with Crippen LogP contribution in [0.25, 0.3) is 0 Å². The number of rotatable bonds is 9. The quantitative estimate of drug-likeness (QED) is 0.209. The predicted molar refractivity (Wildman–Crippen MR) is 132 cm³/mol. The van der Waals surface area contributed by atoms with Gasteiger partial charge in [-0.05, 0) is 55.7 Å². The minimum Gasteiger partial charge on any atom is -0.494 e. The number of halogens is 1. The van der Waals surface area contributed by atoms with E-state index >= 15 is 0 Å². The number of ether oxygens (including phenoxy) is 2. The van der Waals surface area contributed by atoms with Crippen LogP contribution in [0.3, 0.4) is 0 Å². The van der Waals surface area contributed by atoms with Crippen molar-refractivity contribution in [3.05, 3.63) is 53.6 Å². The lowest BCUT2D eigenvalue weighted by Crippen LogP contribution is -2.54. The van der Waals surface area contributed by atoms with E-state index in [0.29, 0.717) is 22.9 Å². The monoisotopic (exact) mass is 551 g/mol. The van der Waals surface area contributed by atoms with Gasteiger partial charge < -0.3 is 9.47 Å². The number of para-hydroxylation sites is 1. The summed E-state index contributed by atoms with van der Waals surface area (Å²) in [5.41, 5.74) is 1.95. The summed E-state index contributed by atoms with van der Waals surface area (Å²) in [6.45, 7) is 0.370. The number of hydrogen-bond acceptors (Lipinski definition) is 8. The molecule has 2 aliphatic rings. The molecular formula is C24H26ClN3O8S. The summed E-state index contributed by atoms with van der Waals surface area (Å²) in [6.07, 6.45) is 0.192. The maximum atomic E-state index is 13.3. The van der Waals surface area contributed by atoms with Crippen LogP contribution in [0.1, 0.15) is 19.3 Å². The van der Waals surface area contributed by atoms with Gasteiger partial charge in [-0.1, -0.05) is 23.7 Å². The van der Waals surface area contributed by atoms with Gasteiger partial charge in [0.25, 0.3) is 11.8 Å². The molecule has 0 aromatic heterocycles. The highest BCUT2D eigenvalue weighted by molar-refractivity contribution is 7.93. The highest BCUT2D eigenvalue weighted by Gasteiger charge is 2.52. The highest BCUT2D eigenvalue weighted by atomic mass is 35.5. The standard InChI is InChI=1S/C24H26ClN3O8S/c25-19-4-1-2-5-20(19)28-16-21(29)27(23(28)31)12-3-13-36-17-6-8-18(9-7-17)37(33,34)24(22(30)26-32)10-14-35-15-11-24/h1-2,4-9,32H,3,10-16H2,(H,26,30). The van der Waals surface area contributed by atoms with Crippen LogP contribution in [-0.4, -0.2) is 74.0 Å². The molecule has 4 amide bonds. The van der Waals surface area contributed by atoms with Gasteiger partial charge in [-0.25, -0.2) is 18.7 Å². The molecule has 2 heterocycles. The summed E-state index contributed by atoms with van der Waals surface area (Å²) >= 11 is 6.16. The van der Waals surface area contributed by atoms with Crippen molar-refractivity contribution in [2.75, 3.05) is 37.8 Å². The second-order valence-electron chi connectivity index (χ2n) is 8.59. The van der Waals surface area contributed by atoms with Gasteiger partial charge in [-0.3, -0.25) is 24.6 Å². The van der Waals surface area contributed by atoms with Crippen molar-refractivity contribution in [2.45, 2.75) is 28.9 Å². The van der Waals surface area contributed by atoms with Crippen LogP contribution < -0.4 is 15.1 Å². The number of benzene rings is 2. The van der Waals surface area contributed by atoms with Crippen LogP contribution in [0.15, 0.2) is 53.4 Å². The first-order valence-corrected chi connectivity index (χ1v) is 13.4. The molecule has 2 N–H and O–H groups in total. The summed E-state index contributed by atoms with van der Waals surface area (Å²) in [7, 11) is -4.13. The Labute approximate surface area is 218 Å². The molecule has 2 aromatic rings. The van der Waals surface area contributed by atoms with E-state index in [1.165, 1.54) is 34.6 Å². The van der Waals surface area contributed by atoms with Crippen LogP contribution in [-0.2, 0) is 24.2 Å². The number of amides is 4. The van der Waals surface area contributed by atoms with Gasteiger partial charge in [0.15, 0.2) is 14.6 Å². The normalized spacial score (nSPS) is 17.7. The minimum absolute atomic E-state index is 0.0754. The second-order valence-corrected chi connectivity index (χ2v) is 11.3. The molecule has 0 unspecified atom stereocenters. The van der Waals surface area contributed by atoms with Crippen LogP contribution in [0.2, 0.25) is 5.02 Å². The number of hydroxylamine groups is 1. The molecule has 2 aromatic carbocycles. The second kappa shape index (κ2) is 11.1. The Morgan fingerprint density at radius 3 is 2.43 bits per heavy atom. The molecule has 0 bridgehead atoms. The van der Waals surface area contributed by atoms with Crippen LogP contribution in [0, 0.1) is 0 Å². The largest absolute Gasteiger partial charge is 0.494 e. The van der Waals surface area contributed by atoms with Gasteiger partial charge in [-0.2, -0.15) is 0 Å². The molecule has 0 radical (unpaired) electrons. The van der Waals surface area contributed by atoms with Gasteiger partial charge in [0.2, 0.25) is 0 Å². The molecule has 4 rings (SSSR count). The molecule has 2 saturated heterocycles. The number of carbonyl (C=O) groups is 3. The van der Waals surface area contributed by atoms with Gasteiger partial charge in [0, 0.05) is 19.8 Å². The Hall–Kier alpha value is -3.19. The average Bonchev–Trinajstić information content (AvgIpc) is 3.19. The van der Waals surface area contributed by atoms with E-state index in [4.69, 9.17) is 26.3 Å². The zero-order valence-corrected chi connectivity index (χ0v) is 21.3. The average molecular weight is 552 g/mol.